The lowest BCUT2D eigenvalue weighted by atomic mass is 10.1. The first-order valence-corrected chi connectivity index (χ1v) is 8.08. The topological polar surface area (TPSA) is 102 Å². The van der Waals surface area contributed by atoms with Gasteiger partial charge in [0.2, 0.25) is 0 Å². The molecule has 26 heavy (non-hydrogen) atoms. The number of carbonyl (C=O) groups is 2. The van der Waals surface area contributed by atoms with Crippen LogP contribution in [0.25, 0.3) is 0 Å². The van der Waals surface area contributed by atoms with Gasteiger partial charge in [0.05, 0.1) is 18.3 Å². The SMILES string of the molecule is Cc1ccc(Cn2cc(Cl)c(NC(=O)c3cnn(C)c3C(=O)O)n2)cc1. The van der Waals surface area contributed by atoms with Gasteiger partial charge in [-0.3, -0.25) is 14.2 Å². The monoisotopic (exact) mass is 373 g/mol. The average molecular weight is 374 g/mol. The van der Waals surface area contributed by atoms with Gasteiger partial charge >= 0.3 is 5.97 Å². The highest BCUT2D eigenvalue weighted by molar-refractivity contribution is 6.33. The van der Waals surface area contributed by atoms with Crippen LogP contribution in [-0.2, 0) is 13.6 Å². The summed E-state index contributed by atoms with van der Waals surface area (Å²) in [5.41, 5.74) is 1.92. The molecule has 3 aromatic rings. The summed E-state index contributed by atoms with van der Waals surface area (Å²) >= 11 is 6.14. The summed E-state index contributed by atoms with van der Waals surface area (Å²) in [4.78, 5) is 23.6. The number of aromatic nitrogens is 4. The van der Waals surface area contributed by atoms with Crippen LogP contribution in [0.15, 0.2) is 36.7 Å². The maximum atomic E-state index is 12.4. The Kier molecular flexibility index (Phi) is 4.77. The van der Waals surface area contributed by atoms with Crippen LogP contribution in [0.5, 0.6) is 0 Å². The van der Waals surface area contributed by atoms with Crippen LogP contribution in [0.4, 0.5) is 5.82 Å². The van der Waals surface area contributed by atoms with Crippen molar-refractivity contribution >= 4 is 29.3 Å². The van der Waals surface area contributed by atoms with E-state index in [4.69, 9.17) is 11.6 Å². The molecule has 3 rings (SSSR count). The fourth-order valence-electron chi connectivity index (χ4n) is 2.48. The summed E-state index contributed by atoms with van der Waals surface area (Å²) in [7, 11) is 1.45. The van der Waals surface area contributed by atoms with E-state index in [-0.39, 0.29) is 22.1 Å². The molecule has 1 amide bonds. The predicted octanol–water partition coefficient (Wildman–Crippen LogP) is 2.58. The summed E-state index contributed by atoms with van der Waals surface area (Å²) < 4.78 is 2.72. The van der Waals surface area contributed by atoms with Gasteiger partial charge in [0.1, 0.15) is 5.02 Å². The normalized spacial score (nSPS) is 10.7. The van der Waals surface area contributed by atoms with E-state index in [2.05, 4.69) is 15.5 Å². The van der Waals surface area contributed by atoms with Crippen molar-refractivity contribution in [3.63, 3.8) is 0 Å². The number of hydrogen-bond donors (Lipinski definition) is 2. The van der Waals surface area contributed by atoms with Crippen molar-refractivity contribution in [1.29, 1.82) is 0 Å². The Bertz CT molecular complexity index is 975. The Morgan fingerprint density at radius 2 is 1.96 bits per heavy atom. The number of hydrogen-bond acceptors (Lipinski definition) is 4. The first-order valence-electron chi connectivity index (χ1n) is 7.70. The fourth-order valence-corrected chi connectivity index (χ4v) is 2.67. The second-order valence-corrected chi connectivity index (χ2v) is 6.21. The van der Waals surface area contributed by atoms with E-state index < -0.39 is 11.9 Å². The lowest BCUT2D eigenvalue weighted by Gasteiger charge is -2.04. The van der Waals surface area contributed by atoms with Gasteiger partial charge in [-0.1, -0.05) is 41.4 Å². The van der Waals surface area contributed by atoms with Crippen molar-refractivity contribution in [1.82, 2.24) is 19.6 Å². The molecule has 0 aliphatic heterocycles. The molecule has 134 valence electrons. The molecule has 0 saturated carbocycles. The van der Waals surface area contributed by atoms with Gasteiger partial charge in [-0.15, -0.1) is 0 Å². The van der Waals surface area contributed by atoms with Crippen LogP contribution in [0, 0.1) is 6.92 Å². The number of rotatable bonds is 5. The van der Waals surface area contributed by atoms with E-state index >= 15 is 0 Å². The fraction of sp³-hybridized carbons (Fsp3) is 0.176. The molecule has 0 unspecified atom stereocenters. The number of nitrogens with zero attached hydrogens (tertiary/aromatic N) is 4. The molecule has 0 aliphatic carbocycles. The molecule has 0 fully saturated rings. The van der Waals surface area contributed by atoms with E-state index in [1.807, 2.05) is 31.2 Å². The maximum Gasteiger partial charge on any atom is 0.354 e. The van der Waals surface area contributed by atoms with Crippen LogP contribution >= 0.6 is 11.6 Å². The largest absolute Gasteiger partial charge is 0.477 e. The van der Waals surface area contributed by atoms with Crippen molar-refractivity contribution in [2.75, 3.05) is 5.32 Å². The second-order valence-electron chi connectivity index (χ2n) is 5.80. The third-order valence-electron chi connectivity index (χ3n) is 3.80. The number of amides is 1. The first-order chi connectivity index (χ1) is 12.3. The summed E-state index contributed by atoms with van der Waals surface area (Å²) in [5, 5.41) is 20.1. The average Bonchev–Trinajstić information content (AvgIpc) is 3.12. The number of aryl methyl sites for hydroxylation is 2. The predicted molar refractivity (Wildman–Crippen MR) is 95.6 cm³/mol. The van der Waals surface area contributed by atoms with Crippen molar-refractivity contribution < 1.29 is 14.7 Å². The van der Waals surface area contributed by atoms with Crippen LogP contribution in [-0.4, -0.2) is 36.5 Å². The molecule has 1 aromatic carbocycles. The Hall–Kier alpha value is -3.13. The van der Waals surface area contributed by atoms with Crippen molar-refractivity contribution in [2.24, 2.45) is 7.05 Å². The van der Waals surface area contributed by atoms with Gasteiger partial charge in [-0.25, -0.2) is 4.79 Å². The highest BCUT2D eigenvalue weighted by Gasteiger charge is 2.23. The van der Waals surface area contributed by atoms with Gasteiger partial charge in [0, 0.05) is 13.2 Å². The Labute approximate surface area is 154 Å². The van der Waals surface area contributed by atoms with E-state index in [1.54, 1.807) is 10.9 Å². The van der Waals surface area contributed by atoms with Crippen LogP contribution < -0.4 is 5.32 Å². The van der Waals surface area contributed by atoms with Gasteiger partial charge in [-0.05, 0) is 12.5 Å². The molecule has 2 heterocycles. The Balaban J connectivity index is 1.78. The van der Waals surface area contributed by atoms with Gasteiger partial charge < -0.3 is 10.4 Å². The smallest absolute Gasteiger partial charge is 0.354 e. The zero-order chi connectivity index (χ0) is 18.8. The number of carbonyl (C=O) groups excluding carboxylic acids is 1. The number of anilines is 1. The third-order valence-corrected chi connectivity index (χ3v) is 4.08. The molecular formula is C17H16ClN5O3. The summed E-state index contributed by atoms with van der Waals surface area (Å²) in [5.74, 6) is -1.73. The van der Waals surface area contributed by atoms with Crippen molar-refractivity contribution in [3.8, 4) is 0 Å². The van der Waals surface area contributed by atoms with Crippen LogP contribution in [0.2, 0.25) is 5.02 Å². The molecule has 8 nitrogen and oxygen atoms in total. The summed E-state index contributed by atoms with van der Waals surface area (Å²) in [6, 6.07) is 7.97. The van der Waals surface area contributed by atoms with E-state index in [0.717, 1.165) is 15.8 Å². The Morgan fingerprint density at radius 3 is 2.62 bits per heavy atom. The van der Waals surface area contributed by atoms with Crippen molar-refractivity contribution in [3.05, 3.63) is 64.1 Å². The molecule has 0 aliphatic rings. The minimum atomic E-state index is -1.24. The number of nitrogens with one attached hydrogen (secondary N) is 1. The summed E-state index contributed by atoms with van der Waals surface area (Å²) in [6.07, 6.45) is 2.79. The quantitative estimate of drug-likeness (QED) is 0.715. The van der Waals surface area contributed by atoms with Crippen LogP contribution in [0.3, 0.4) is 0 Å². The molecule has 0 bridgehead atoms. The molecule has 9 heteroatoms. The molecule has 2 aromatic heterocycles. The third kappa shape index (κ3) is 3.60. The van der Waals surface area contributed by atoms with Gasteiger partial charge in [0.25, 0.3) is 5.91 Å². The van der Waals surface area contributed by atoms with E-state index in [0.29, 0.717) is 6.54 Å². The second kappa shape index (κ2) is 7.01. The van der Waals surface area contributed by atoms with Gasteiger partial charge in [0.15, 0.2) is 11.5 Å². The van der Waals surface area contributed by atoms with E-state index in [1.165, 1.54) is 13.2 Å². The lowest BCUT2D eigenvalue weighted by molar-refractivity contribution is 0.0680. The molecule has 0 saturated heterocycles. The minimum Gasteiger partial charge on any atom is -0.477 e. The first kappa shape index (κ1) is 17.7. The van der Waals surface area contributed by atoms with Gasteiger partial charge in [-0.2, -0.15) is 10.2 Å². The number of aromatic carboxylic acids is 1. The summed E-state index contributed by atoms with van der Waals surface area (Å²) in [6.45, 7) is 2.50. The standard InChI is InChI=1S/C17H16ClN5O3/c1-10-3-5-11(6-4-10)8-23-9-13(18)15(21-23)20-16(24)12-7-19-22(2)14(12)17(25)26/h3-7,9H,8H2,1-2H3,(H,25,26)(H,20,21,24). The zero-order valence-corrected chi connectivity index (χ0v) is 14.9. The lowest BCUT2D eigenvalue weighted by Crippen LogP contribution is -2.17. The molecular weight excluding hydrogens is 358 g/mol. The Morgan fingerprint density at radius 1 is 1.27 bits per heavy atom. The van der Waals surface area contributed by atoms with E-state index in [9.17, 15) is 14.7 Å². The van der Waals surface area contributed by atoms with Crippen LogP contribution in [0.1, 0.15) is 32.0 Å². The number of carboxylic acid groups (broad SMARTS) is 1. The molecule has 0 radical (unpaired) electrons. The number of halogens is 1. The zero-order valence-electron chi connectivity index (χ0n) is 14.1. The molecule has 0 spiro atoms. The maximum absolute atomic E-state index is 12.4. The number of benzene rings is 1. The number of carboxylic acids is 1. The molecule has 0 atom stereocenters. The highest BCUT2D eigenvalue weighted by atomic mass is 35.5. The molecule has 2 N–H and O–H groups in total. The minimum absolute atomic E-state index is 0.0656. The van der Waals surface area contributed by atoms with Crippen molar-refractivity contribution in [2.45, 2.75) is 13.5 Å². The highest BCUT2D eigenvalue weighted by Crippen LogP contribution is 2.21.